The smallest absolute Gasteiger partial charge is 0.326 e. The lowest BCUT2D eigenvalue weighted by atomic mass is 10.0. The van der Waals surface area contributed by atoms with Crippen molar-refractivity contribution in [2.45, 2.75) is 25.0 Å². The molecule has 1 aromatic heterocycles. The van der Waals surface area contributed by atoms with Crippen LogP contribution in [0.15, 0.2) is 48.7 Å². The largest absolute Gasteiger partial charge is 0.480 e. The van der Waals surface area contributed by atoms with E-state index < -0.39 is 24.0 Å². The van der Waals surface area contributed by atoms with E-state index in [1.54, 1.807) is 18.3 Å². The van der Waals surface area contributed by atoms with Gasteiger partial charge < -0.3 is 20.1 Å². The zero-order valence-corrected chi connectivity index (χ0v) is 14.2. The summed E-state index contributed by atoms with van der Waals surface area (Å²) in [5, 5.41) is 12.8. The molecule has 3 N–H and O–H groups in total. The molecular formula is C20H17FN2O4. The molecule has 0 saturated heterocycles. The number of hydrogen-bond donors (Lipinski definition) is 3. The van der Waals surface area contributed by atoms with Crippen LogP contribution in [-0.2, 0) is 22.4 Å². The van der Waals surface area contributed by atoms with E-state index in [-0.39, 0.29) is 12.2 Å². The van der Waals surface area contributed by atoms with Gasteiger partial charge in [0.1, 0.15) is 17.6 Å². The zero-order valence-electron chi connectivity index (χ0n) is 14.2. The number of nitrogens with one attached hydrogen (secondary N) is 2. The summed E-state index contributed by atoms with van der Waals surface area (Å²) in [6, 6.07) is 10.5. The Morgan fingerprint density at radius 3 is 2.89 bits per heavy atom. The van der Waals surface area contributed by atoms with Crippen LogP contribution in [0.4, 0.5) is 4.39 Å². The number of carboxylic acids is 1. The molecule has 0 unspecified atom stereocenters. The molecule has 4 rings (SSSR count). The van der Waals surface area contributed by atoms with Crippen LogP contribution in [0.25, 0.3) is 10.9 Å². The van der Waals surface area contributed by atoms with E-state index in [4.69, 9.17) is 4.74 Å². The molecule has 7 heteroatoms. The number of hydrogen-bond acceptors (Lipinski definition) is 3. The number of aliphatic carboxylic acids is 1. The first-order chi connectivity index (χ1) is 13.0. The van der Waals surface area contributed by atoms with Crippen LogP contribution in [0.3, 0.4) is 0 Å². The third-order valence-electron chi connectivity index (χ3n) is 4.71. The molecule has 1 amide bonds. The molecule has 0 saturated carbocycles. The summed E-state index contributed by atoms with van der Waals surface area (Å²) in [6.45, 7) is 0. The van der Waals surface area contributed by atoms with Gasteiger partial charge in [0.15, 0.2) is 6.10 Å². The topological polar surface area (TPSA) is 91.4 Å². The first-order valence-corrected chi connectivity index (χ1v) is 8.54. The maximum atomic E-state index is 13.3. The van der Waals surface area contributed by atoms with Crippen molar-refractivity contribution in [2.75, 3.05) is 0 Å². The summed E-state index contributed by atoms with van der Waals surface area (Å²) < 4.78 is 18.9. The van der Waals surface area contributed by atoms with E-state index in [2.05, 4.69) is 10.3 Å². The third-order valence-corrected chi connectivity index (χ3v) is 4.71. The normalized spacial score (nSPS) is 16.6. The molecule has 2 aromatic carbocycles. The SMILES string of the molecule is O=C(O)[C@H](Cc1c[nH]c2cc(F)ccc12)NC(=O)[C@H]1Cc2ccccc2O1. The molecule has 0 bridgehead atoms. The van der Waals surface area contributed by atoms with Crippen molar-refractivity contribution in [3.05, 3.63) is 65.6 Å². The highest BCUT2D eigenvalue weighted by Gasteiger charge is 2.32. The number of H-pyrrole nitrogens is 1. The molecule has 0 aliphatic carbocycles. The van der Waals surface area contributed by atoms with Gasteiger partial charge in [-0.05, 0) is 35.4 Å². The van der Waals surface area contributed by atoms with Crippen molar-refractivity contribution in [1.82, 2.24) is 10.3 Å². The number of aromatic amines is 1. The minimum absolute atomic E-state index is 0.0758. The Hall–Kier alpha value is -3.35. The van der Waals surface area contributed by atoms with Crippen molar-refractivity contribution >= 4 is 22.8 Å². The molecular weight excluding hydrogens is 351 g/mol. The van der Waals surface area contributed by atoms with Crippen LogP contribution in [0.1, 0.15) is 11.1 Å². The molecule has 2 atom stereocenters. The number of carbonyl (C=O) groups excluding carboxylic acids is 1. The maximum Gasteiger partial charge on any atom is 0.326 e. The fourth-order valence-corrected chi connectivity index (χ4v) is 3.34. The van der Waals surface area contributed by atoms with Gasteiger partial charge in [-0.15, -0.1) is 0 Å². The van der Waals surface area contributed by atoms with Gasteiger partial charge in [0.2, 0.25) is 0 Å². The Labute approximate surface area is 154 Å². The van der Waals surface area contributed by atoms with E-state index in [0.717, 1.165) is 10.9 Å². The standard InChI is InChI=1S/C20H17FN2O4/c21-13-5-6-14-12(10-22-15(14)9-13)7-16(20(25)26)23-19(24)18-8-11-3-1-2-4-17(11)27-18/h1-6,9-10,16,18,22H,7-8H2,(H,23,24)(H,25,26)/t16-,18+/m0/s1. The van der Waals surface area contributed by atoms with Crippen molar-refractivity contribution < 1.29 is 23.8 Å². The van der Waals surface area contributed by atoms with Crippen molar-refractivity contribution in [2.24, 2.45) is 0 Å². The highest BCUT2D eigenvalue weighted by molar-refractivity contribution is 5.89. The molecule has 1 aliphatic heterocycles. The summed E-state index contributed by atoms with van der Waals surface area (Å²) in [5.41, 5.74) is 2.19. The van der Waals surface area contributed by atoms with Crippen molar-refractivity contribution in [3.8, 4) is 5.75 Å². The zero-order chi connectivity index (χ0) is 19.0. The molecule has 1 aliphatic rings. The van der Waals surface area contributed by atoms with Gasteiger partial charge in [0, 0.05) is 29.9 Å². The number of amides is 1. The lowest BCUT2D eigenvalue weighted by molar-refractivity contribution is -0.142. The summed E-state index contributed by atoms with van der Waals surface area (Å²) in [7, 11) is 0. The first kappa shape index (κ1) is 17.1. The Morgan fingerprint density at radius 1 is 1.30 bits per heavy atom. The summed E-state index contributed by atoms with van der Waals surface area (Å²) in [5.74, 6) is -1.35. The number of rotatable bonds is 5. The van der Waals surface area contributed by atoms with Crippen LogP contribution in [0.5, 0.6) is 5.75 Å². The Balaban J connectivity index is 1.48. The molecule has 6 nitrogen and oxygen atoms in total. The van der Waals surface area contributed by atoms with Crippen molar-refractivity contribution in [1.29, 1.82) is 0 Å². The highest BCUT2D eigenvalue weighted by Crippen LogP contribution is 2.28. The lowest BCUT2D eigenvalue weighted by Gasteiger charge is -2.17. The van der Waals surface area contributed by atoms with Gasteiger partial charge in [-0.2, -0.15) is 0 Å². The molecule has 0 radical (unpaired) electrons. The second kappa shape index (κ2) is 6.75. The second-order valence-electron chi connectivity index (χ2n) is 6.53. The summed E-state index contributed by atoms with van der Waals surface area (Å²) >= 11 is 0. The quantitative estimate of drug-likeness (QED) is 0.645. The number of benzene rings is 2. The monoisotopic (exact) mass is 368 g/mol. The number of fused-ring (bicyclic) bond motifs is 2. The van der Waals surface area contributed by atoms with Gasteiger partial charge in [0.25, 0.3) is 5.91 Å². The third kappa shape index (κ3) is 3.36. The highest BCUT2D eigenvalue weighted by atomic mass is 19.1. The van der Waals surface area contributed by atoms with Crippen LogP contribution in [0, 0.1) is 5.82 Å². The summed E-state index contributed by atoms with van der Waals surface area (Å²) in [6.07, 6.45) is 1.36. The number of ether oxygens (including phenoxy) is 1. The number of para-hydroxylation sites is 1. The maximum absolute atomic E-state index is 13.3. The average Bonchev–Trinajstić information content (AvgIpc) is 3.24. The number of carbonyl (C=O) groups is 2. The number of aromatic nitrogens is 1. The van der Waals surface area contributed by atoms with E-state index in [0.29, 0.717) is 23.3 Å². The predicted molar refractivity (Wildman–Crippen MR) is 96.1 cm³/mol. The summed E-state index contributed by atoms with van der Waals surface area (Å²) in [4.78, 5) is 27.1. The average molecular weight is 368 g/mol. The number of halogens is 1. The minimum atomic E-state index is -1.14. The fraction of sp³-hybridized carbons (Fsp3) is 0.200. The molecule has 0 fully saturated rings. The second-order valence-corrected chi connectivity index (χ2v) is 6.53. The number of carboxylic acid groups (broad SMARTS) is 1. The Morgan fingerprint density at radius 2 is 2.11 bits per heavy atom. The van der Waals surface area contributed by atoms with Crippen LogP contribution in [-0.4, -0.2) is 34.1 Å². The Bertz CT molecular complexity index is 1000. The van der Waals surface area contributed by atoms with E-state index >= 15 is 0 Å². The molecule has 2 heterocycles. The fourth-order valence-electron chi connectivity index (χ4n) is 3.34. The van der Waals surface area contributed by atoms with Crippen LogP contribution >= 0.6 is 0 Å². The van der Waals surface area contributed by atoms with Gasteiger partial charge in [-0.1, -0.05) is 18.2 Å². The molecule has 0 spiro atoms. The van der Waals surface area contributed by atoms with Crippen LogP contribution in [0.2, 0.25) is 0 Å². The van der Waals surface area contributed by atoms with Gasteiger partial charge in [-0.3, -0.25) is 4.79 Å². The Kier molecular flexibility index (Phi) is 4.27. The molecule has 27 heavy (non-hydrogen) atoms. The van der Waals surface area contributed by atoms with Gasteiger partial charge in [-0.25, -0.2) is 9.18 Å². The lowest BCUT2D eigenvalue weighted by Crippen LogP contribution is -2.47. The van der Waals surface area contributed by atoms with Crippen molar-refractivity contribution in [3.63, 3.8) is 0 Å². The van der Waals surface area contributed by atoms with Crippen LogP contribution < -0.4 is 10.1 Å². The van der Waals surface area contributed by atoms with E-state index in [1.807, 2.05) is 18.2 Å². The molecule has 3 aromatic rings. The van der Waals surface area contributed by atoms with E-state index in [1.165, 1.54) is 12.1 Å². The minimum Gasteiger partial charge on any atom is -0.480 e. The predicted octanol–water partition coefficient (Wildman–Crippen LogP) is 2.42. The molecule has 138 valence electrons. The van der Waals surface area contributed by atoms with Gasteiger partial charge in [0.05, 0.1) is 0 Å². The first-order valence-electron chi connectivity index (χ1n) is 8.54. The van der Waals surface area contributed by atoms with Gasteiger partial charge >= 0.3 is 5.97 Å². The van der Waals surface area contributed by atoms with E-state index in [9.17, 15) is 19.1 Å².